The van der Waals surface area contributed by atoms with Crippen LogP contribution >= 0.6 is 0 Å². The number of rotatable bonds is 6. The molecule has 0 unspecified atom stereocenters. The van der Waals surface area contributed by atoms with Crippen molar-refractivity contribution >= 4 is 11.8 Å². The molecule has 2 amide bonds. The number of benzene rings is 1. The van der Waals surface area contributed by atoms with Crippen molar-refractivity contribution in [1.29, 1.82) is 0 Å². The van der Waals surface area contributed by atoms with E-state index in [1.54, 1.807) is 5.32 Å². The molecule has 1 aromatic carbocycles. The highest BCUT2D eigenvalue weighted by atomic mass is 19.1. The maximum atomic E-state index is 13.9. The molecule has 0 bridgehead atoms. The van der Waals surface area contributed by atoms with E-state index in [2.05, 4.69) is 20.5 Å². The molecule has 0 aliphatic carbocycles. The number of nitrogens with zero attached hydrogens (tertiary/aromatic N) is 4. The number of aromatic hydroxyl groups is 1. The van der Waals surface area contributed by atoms with Gasteiger partial charge in [-0.2, -0.15) is 0 Å². The minimum atomic E-state index is -3.31. The van der Waals surface area contributed by atoms with Crippen LogP contribution in [0.3, 0.4) is 0 Å². The van der Waals surface area contributed by atoms with Gasteiger partial charge in [0.1, 0.15) is 11.6 Å². The van der Waals surface area contributed by atoms with Gasteiger partial charge in [0.2, 0.25) is 11.6 Å². The van der Waals surface area contributed by atoms with Crippen molar-refractivity contribution < 1.29 is 35.8 Å². The molecule has 3 N–H and O–H groups in total. The van der Waals surface area contributed by atoms with Gasteiger partial charge >= 0.3 is 11.8 Å². The predicted molar refractivity (Wildman–Crippen MR) is 108 cm³/mol. The number of aryl methyl sites for hydroxylation is 1. The first kappa shape index (κ1) is 13.3. The first-order chi connectivity index (χ1) is 18.6. The van der Waals surface area contributed by atoms with Crippen LogP contribution in [0, 0.1) is 12.7 Å². The van der Waals surface area contributed by atoms with Gasteiger partial charge < -0.3 is 20.2 Å². The number of amides is 2. The molecule has 11 nitrogen and oxygen atoms in total. The maximum Gasteiger partial charge on any atom is 0.309 e. The summed E-state index contributed by atoms with van der Waals surface area (Å²) < 4.78 is 89.4. The minimum Gasteiger partial charge on any atom is -0.501 e. The summed E-state index contributed by atoms with van der Waals surface area (Å²) in [5.41, 5.74) is -5.89. The van der Waals surface area contributed by atoms with Gasteiger partial charge in [0.15, 0.2) is 5.69 Å². The maximum absolute atomic E-state index is 13.9. The highest BCUT2D eigenvalue weighted by Crippen LogP contribution is 2.20. The zero-order valence-corrected chi connectivity index (χ0v) is 16.7. The summed E-state index contributed by atoms with van der Waals surface area (Å²) in [6, 6.07) is -4.78. The smallest absolute Gasteiger partial charge is 0.309 e. The lowest BCUT2D eigenvalue weighted by Gasteiger charge is -2.27. The third-order valence-electron chi connectivity index (χ3n) is 3.88. The first-order valence-corrected chi connectivity index (χ1v) is 8.70. The van der Waals surface area contributed by atoms with Crippen LogP contribution in [0.25, 0.3) is 0 Å². The number of hydrogen-bond donors (Lipinski definition) is 3. The fourth-order valence-corrected chi connectivity index (χ4v) is 2.41. The van der Waals surface area contributed by atoms with Gasteiger partial charge in [-0.1, -0.05) is 12.1 Å². The largest absolute Gasteiger partial charge is 0.501 e. The van der Waals surface area contributed by atoms with E-state index in [9.17, 15) is 23.9 Å². The van der Waals surface area contributed by atoms with E-state index in [1.807, 2.05) is 0 Å². The normalized spacial score (nSPS) is 16.2. The molecule has 3 aromatic rings. The van der Waals surface area contributed by atoms with Gasteiger partial charge in [-0.3, -0.25) is 19.0 Å². The zero-order valence-electron chi connectivity index (χ0n) is 25.7. The Bertz CT molecular complexity index is 1610. The Balaban J connectivity index is 2.15. The van der Waals surface area contributed by atoms with Gasteiger partial charge in [-0.15, -0.1) is 10.2 Å². The Hall–Kier alpha value is -4.09. The molecule has 0 spiro atoms. The number of hydrogen-bond acceptors (Lipinski definition) is 8. The second-order valence-electron chi connectivity index (χ2n) is 6.75. The van der Waals surface area contributed by atoms with Gasteiger partial charge in [0.05, 0.1) is 13.8 Å². The topological polar surface area (TPSA) is 152 Å². The molecule has 0 aliphatic heterocycles. The summed E-state index contributed by atoms with van der Waals surface area (Å²) in [6.45, 7) is -2.83. The Kier molecular flexibility index (Phi) is 3.58. The average molecular weight is 453 g/mol. The molecule has 0 atom stereocenters. The molecular formula is C20H21FN6O5. The average Bonchev–Trinajstić information content (AvgIpc) is 3.27. The summed E-state index contributed by atoms with van der Waals surface area (Å²) in [5, 5.41) is 21.4. The third kappa shape index (κ3) is 4.63. The van der Waals surface area contributed by atoms with Crippen molar-refractivity contribution in [2.45, 2.75) is 32.8 Å². The summed E-state index contributed by atoms with van der Waals surface area (Å²) >= 11 is 0. The monoisotopic (exact) mass is 453 g/mol. The molecule has 0 radical (unpaired) electrons. The van der Waals surface area contributed by atoms with Gasteiger partial charge in [-0.05, 0) is 31.5 Å². The molecule has 0 fully saturated rings. The van der Waals surface area contributed by atoms with Crippen LogP contribution in [0.1, 0.15) is 64.6 Å². The van der Waals surface area contributed by atoms with Gasteiger partial charge in [0.25, 0.3) is 11.5 Å². The molecule has 32 heavy (non-hydrogen) atoms. The summed E-state index contributed by atoms with van der Waals surface area (Å²) in [7, 11) is 0. The Morgan fingerprint density at radius 3 is 2.59 bits per heavy atom. The van der Waals surface area contributed by atoms with Crippen molar-refractivity contribution in [2.24, 2.45) is 6.98 Å². The van der Waals surface area contributed by atoms with Crippen LogP contribution in [0.2, 0.25) is 0 Å². The SMILES string of the molecule is [2H]c1c([2H])c(C([2H])([2H])NC(=O)c2nc(C(C)(C)NC(=O)c3nnc(C)o3)n(C([2H])([2H])[2H])c(=O)c2O)c([2H])c([2H])c1F. The van der Waals surface area contributed by atoms with Crippen LogP contribution in [-0.2, 0) is 19.0 Å². The van der Waals surface area contributed by atoms with Crippen LogP contribution < -0.4 is 16.2 Å². The standard InChI is InChI=1S/C20H21FN6O5/c1-10-25-26-17(32-10)16(30)24-20(2,3)19-23-13(14(28)18(31)27(19)4)15(29)22-9-11-5-7-12(21)8-6-11/h5-8,28H,9H2,1-4H3,(H,22,29)(H,24,30)/i4D3,5D,6D,7D,8D,9D2. The highest BCUT2D eigenvalue weighted by molar-refractivity contribution is 5.94. The Morgan fingerprint density at radius 2 is 2.00 bits per heavy atom. The second-order valence-corrected chi connectivity index (χ2v) is 6.75. The zero-order chi connectivity index (χ0) is 31.4. The quantitative estimate of drug-likeness (QED) is 0.498. The van der Waals surface area contributed by atoms with E-state index >= 15 is 0 Å². The number of halogens is 1. The van der Waals surface area contributed by atoms with Crippen molar-refractivity contribution in [3.8, 4) is 5.75 Å². The Labute approximate surface area is 194 Å². The van der Waals surface area contributed by atoms with Crippen molar-refractivity contribution in [3.05, 3.63) is 69.2 Å². The van der Waals surface area contributed by atoms with E-state index < -0.39 is 95.1 Å². The van der Waals surface area contributed by atoms with E-state index in [1.165, 1.54) is 20.8 Å². The molecule has 0 saturated carbocycles. The van der Waals surface area contributed by atoms with Crippen molar-refractivity contribution in [1.82, 2.24) is 30.4 Å². The van der Waals surface area contributed by atoms with E-state index in [0.29, 0.717) is 0 Å². The number of aromatic nitrogens is 4. The predicted octanol–water partition coefficient (Wildman–Crippen LogP) is 0.912. The minimum absolute atomic E-state index is 0.0197. The lowest BCUT2D eigenvalue weighted by Crippen LogP contribution is -2.46. The second kappa shape index (κ2) is 8.57. The Morgan fingerprint density at radius 1 is 1.31 bits per heavy atom. The van der Waals surface area contributed by atoms with Crippen LogP contribution in [0.15, 0.2) is 33.4 Å². The molecule has 12 heteroatoms. The number of nitrogens with one attached hydrogen (secondary N) is 2. The summed E-state index contributed by atoms with van der Waals surface area (Å²) in [6.07, 6.45) is 0. The van der Waals surface area contributed by atoms with Crippen molar-refractivity contribution in [3.63, 3.8) is 0 Å². The molecule has 3 rings (SSSR count). The summed E-state index contributed by atoms with van der Waals surface area (Å²) in [5.74, 6) is -7.12. The van der Waals surface area contributed by atoms with E-state index in [0.717, 1.165) is 0 Å². The number of carbonyl (C=O) groups is 2. The third-order valence-corrected chi connectivity index (χ3v) is 3.88. The van der Waals surface area contributed by atoms with Crippen molar-refractivity contribution in [2.75, 3.05) is 0 Å². The lowest BCUT2D eigenvalue weighted by molar-refractivity contribution is 0.0869. The number of carbonyl (C=O) groups excluding carboxylic acids is 2. The van der Waals surface area contributed by atoms with Crippen LogP contribution in [0.5, 0.6) is 5.75 Å². The molecule has 2 heterocycles. The fourth-order valence-electron chi connectivity index (χ4n) is 2.41. The first-order valence-electron chi connectivity index (χ1n) is 13.2. The van der Waals surface area contributed by atoms with Gasteiger partial charge in [0, 0.05) is 24.5 Å². The molecule has 2 aromatic heterocycles. The summed E-state index contributed by atoms with van der Waals surface area (Å²) in [4.78, 5) is 42.4. The molecule has 0 saturated heterocycles. The molecule has 168 valence electrons. The van der Waals surface area contributed by atoms with Gasteiger partial charge in [-0.25, -0.2) is 9.37 Å². The highest BCUT2D eigenvalue weighted by Gasteiger charge is 2.32. The van der Waals surface area contributed by atoms with E-state index in [4.69, 9.17) is 16.8 Å². The van der Waals surface area contributed by atoms with Crippen LogP contribution in [0.4, 0.5) is 4.39 Å². The molecule has 0 aliphatic rings. The van der Waals surface area contributed by atoms with E-state index in [-0.39, 0.29) is 10.5 Å². The lowest BCUT2D eigenvalue weighted by atomic mass is 10.0. The fraction of sp³-hybridized carbons (Fsp3) is 0.300. The van der Waals surface area contributed by atoms with Crippen LogP contribution in [-0.4, -0.2) is 36.7 Å². The molecular weight excluding hydrogens is 423 g/mol.